The summed E-state index contributed by atoms with van der Waals surface area (Å²) in [6, 6.07) is 6.86. The number of carbonyl (C=O) groups excluding carboxylic acids is 1. The lowest BCUT2D eigenvalue weighted by Crippen LogP contribution is -2.56. The molecule has 1 amide bonds. The van der Waals surface area contributed by atoms with Crippen molar-refractivity contribution in [3.05, 3.63) is 18.2 Å². The van der Waals surface area contributed by atoms with Crippen LogP contribution in [0.15, 0.2) is 23.1 Å². The minimum atomic E-state index is 0.0904. The SMILES string of the molecule is CN(c1ccc2c(c1)NC(=O)CS2)C1CNC1. The number of anilines is 2. The Morgan fingerprint density at radius 3 is 2.94 bits per heavy atom. The van der Waals surface area contributed by atoms with E-state index >= 15 is 0 Å². The average molecular weight is 249 g/mol. The number of fused-ring (bicyclic) bond motifs is 1. The Balaban J connectivity index is 1.86. The Hall–Kier alpha value is -1.20. The second-order valence-corrected chi connectivity index (χ2v) is 5.46. The Morgan fingerprint density at radius 2 is 2.24 bits per heavy atom. The van der Waals surface area contributed by atoms with Crippen LogP contribution in [0.25, 0.3) is 0 Å². The normalized spacial score (nSPS) is 19.2. The van der Waals surface area contributed by atoms with E-state index < -0.39 is 0 Å². The predicted molar refractivity (Wildman–Crippen MR) is 70.9 cm³/mol. The first kappa shape index (κ1) is 10.9. The zero-order chi connectivity index (χ0) is 11.8. The van der Waals surface area contributed by atoms with Gasteiger partial charge in [-0.05, 0) is 18.2 Å². The summed E-state index contributed by atoms with van der Waals surface area (Å²) in [5.41, 5.74) is 2.11. The highest BCUT2D eigenvalue weighted by Gasteiger charge is 2.23. The maximum Gasteiger partial charge on any atom is 0.234 e. The van der Waals surface area contributed by atoms with Gasteiger partial charge in [-0.15, -0.1) is 11.8 Å². The van der Waals surface area contributed by atoms with Gasteiger partial charge < -0.3 is 15.5 Å². The van der Waals surface area contributed by atoms with Crippen molar-refractivity contribution in [2.75, 3.05) is 36.1 Å². The second kappa shape index (κ2) is 4.23. The molecule has 0 atom stereocenters. The topological polar surface area (TPSA) is 44.4 Å². The summed E-state index contributed by atoms with van der Waals surface area (Å²) in [5, 5.41) is 6.19. The van der Waals surface area contributed by atoms with Crippen molar-refractivity contribution in [2.24, 2.45) is 0 Å². The van der Waals surface area contributed by atoms with Crippen LogP contribution < -0.4 is 15.5 Å². The predicted octanol–water partition coefficient (Wildman–Crippen LogP) is 1.14. The molecule has 17 heavy (non-hydrogen) atoms. The molecule has 0 radical (unpaired) electrons. The lowest BCUT2D eigenvalue weighted by atomic mass is 10.1. The van der Waals surface area contributed by atoms with E-state index in [2.05, 4.69) is 40.8 Å². The molecule has 4 nitrogen and oxygen atoms in total. The summed E-state index contributed by atoms with van der Waals surface area (Å²) in [4.78, 5) is 14.8. The fraction of sp³-hybridized carbons (Fsp3) is 0.417. The molecule has 0 aromatic heterocycles. The lowest BCUT2D eigenvalue weighted by Gasteiger charge is -2.37. The largest absolute Gasteiger partial charge is 0.369 e. The van der Waals surface area contributed by atoms with E-state index in [1.54, 1.807) is 11.8 Å². The number of likely N-dealkylation sites (N-methyl/N-ethyl adjacent to an activating group) is 1. The van der Waals surface area contributed by atoms with Crippen LogP contribution in [0.4, 0.5) is 11.4 Å². The van der Waals surface area contributed by atoms with Crippen LogP contribution in [0, 0.1) is 0 Å². The summed E-state index contributed by atoms with van der Waals surface area (Å²) in [7, 11) is 2.10. The molecule has 0 bridgehead atoms. The number of hydrogen-bond acceptors (Lipinski definition) is 4. The minimum absolute atomic E-state index is 0.0904. The molecule has 1 aromatic carbocycles. The third-order valence-electron chi connectivity index (χ3n) is 3.31. The van der Waals surface area contributed by atoms with Gasteiger partial charge in [-0.3, -0.25) is 4.79 Å². The highest BCUT2D eigenvalue weighted by Crippen LogP contribution is 2.34. The Labute approximate surface area is 105 Å². The number of nitrogens with zero attached hydrogens (tertiary/aromatic N) is 1. The van der Waals surface area contributed by atoms with Crippen LogP contribution in [-0.2, 0) is 4.79 Å². The maximum atomic E-state index is 11.4. The monoisotopic (exact) mass is 249 g/mol. The van der Waals surface area contributed by atoms with Crippen LogP contribution >= 0.6 is 11.8 Å². The Morgan fingerprint density at radius 1 is 1.41 bits per heavy atom. The summed E-state index contributed by atoms with van der Waals surface area (Å²) in [6.45, 7) is 2.07. The van der Waals surface area contributed by atoms with Gasteiger partial charge in [0.15, 0.2) is 0 Å². The molecular weight excluding hydrogens is 234 g/mol. The first-order valence-electron chi connectivity index (χ1n) is 5.74. The molecule has 1 aromatic rings. The highest BCUT2D eigenvalue weighted by atomic mass is 32.2. The van der Waals surface area contributed by atoms with E-state index in [1.165, 1.54) is 0 Å². The highest BCUT2D eigenvalue weighted by molar-refractivity contribution is 8.00. The quantitative estimate of drug-likeness (QED) is 0.825. The van der Waals surface area contributed by atoms with E-state index in [0.29, 0.717) is 11.8 Å². The maximum absolute atomic E-state index is 11.4. The third kappa shape index (κ3) is 2.00. The van der Waals surface area contributed by atoms with E-state index in [-0.39, 0.29) is 5.91 Å². The zero-order valence-corrected chi connectivity index (χ0v) is 10.5. The first-order chi connectivity index (χ1) is 8.24. The summed E-state index contributed by atoms with van der Waals surface area (Å²) >= 11 is 1.60. The molecule has 2 heterocycles. The van der Waals surface area contributed by atoms with E-state index in [1.807, 2.05) is 0 Å². The summed E-state index contributed by atoms with van der Waals surface area (Å²) in [6.07, 6.45) is 0. The van der Waals surface area contributed by atoms with Crippen LogP contribution in [0.5, 0.6) is 0 Å². The molecule has 0 unspecified atom stereocenters. The van der Waals surface area contributed by atoms with Crippen molar-refractivity contribution < 1.29 is 4.79 Å². The number of amides is 1. The van der Waals surface area contributed by atoms with Crippen LogP contribution in [-0.4, -0.2) is 37.8 Å². The third-order valence-corrected chi connectivity index (χ3v) is 4.38. The van der Waals surface area contributed by atoms with Gasteiger partial charge in [0.05, 0.1) is 17.5 Å². The van der Waals surface area contributed by atoms with Gasteiger partial charge in [-0.2, -0.15) is 0 Å². The van der Waals surface area contributed by atoms with Gasteiger partial charge in [-0.1, -0.05) is 0 Å². The van der Waals surface area contributed by atoms with Gasteiger partial charge in [0.2, 0.25) is 5.91 Å². The smallest absolute Gasteiger partial charge is 0.234 e. The van der Waals surface area contributed by atoms with Crippen molar-refractivity contribution in [3.8, 4) is 0 Å². The summed E-state index contributed by atoms with van der Waals surface area (Å²) < 4.78 is 0. The van der Waals surface area contributed by atoms with Gasteiger partial charge in [0, 0.05) is 30.7 Å². The molecule has 2 aliphatic rings. The fourth-order valence-corrected chi connectivity index (χ4v) is 2.84. The first-order valence-corrected chi connectivity index (χ1v) is 6.73. The molecule has 90 valence electrons. The molecule has 2 N–H and O–H groups in total. The van der Waals surface area contributed by atoms with Crippen molar-refractivity contribution in [1.82, 2.24) is 5.32 Å². The average Bonchev–Trinajstić information content (AvgIpc) is 2.25. The van der Waals surface area contributed by atoms with Crippen molar-refractivity contribution in [2.45, 2.75) is 10.9 Å². The van der Waals surface area contributed by atoms with Crippen LogP contribution in [0.2, 0.25) is 0 Å². The van der Waals surface area contributed by atoms with Crippen LogP contribution in [0.1, 0.15) is 0 Å². The summed E-state index contributed by atoms with van der Waals surface area (Å²) in [5.74, 6) is 0.613. The minimum Gasteiger partial charge on any atom is -0.369 e. The number of thioether (sulfide) groups is 1. The van der Waals surface area contributed by atoms with Gasteiger partial charge in [-0.25, -0.2) is 0 Å². The number of nitrogens with one attached hydrogen (secondary N) is 2. The number of carbonyl (C=O) groups is 1. The molecule has 5 heteroatoms. The molecule has 0 saturated carbocycles. The molecular formula is C12H15N3OS. The van der Waals surface area contributed by atoms with Crippen molar-refractivity contribution >= 4 is 29.0 Å². The number of benzene rings is 1. The Bertz CT molecular complexity index is 459. The van der Waals surface area contributed by atoms with Crippen LogP contribution in [0.3, 0.4) is 0 Å². The van der Waals surface area contributed by atoms with Crippen molar-refractivity contribution in [3.63, 3.8) is 0 Å². The van der Waals surface area contributed by atoms with Gasteiger partial charge in [0.25, 0.3) is 0 Å². The lowest BCUT2D eigenvalue weighted by molar-refractivity contribution is -0.113. The zero-order valence-electron chi connectivity index (χ0n) is 9.69. The molecule has 0 spiro atoms. The van der Waals surface area contributed by atoms with E-state index in [4.69, 9.17) is 0 Å². The van der Waals surface area contributed by atoms with E-state index in [0.717, 1.165) is 29.4 Å². The molecule has 0 aliphatic carbocycles. The number of hydrogen-bond donors (Lipinski definition) is 2. The number of rotatable bonds is 2. The molecule has 2 aliphatic heterocycles. The second-order valence-electron chi connectivity index (χ2n) is 4.44. The molecule has 3 rings (SSSR count). The van der Waals surface area contributed by atoms with Gasteiger partial charge >= 0.3 is 0 Å². The standard InChI is InChI=1S/C12H15N3OS/c1-15(9-5-13-6-9)8-2-3-11-10(4-8)14-12(16)7-17-11/h2-4,9,13H,5-7H2,1H3,(H,14,16). The fourth-order valence-electron chi connectivity index (χ4n) is 2.05. The van der Waals surface area contributed by atoms with Gasteiger partial charge in [0.1, 0.15) is 0 Å². The Kier molecular flexibility index (Phi) is 2.72. The molecule has 1 saturated heterocycles. The van der Waals surface area contributed by atoms with E-state index in [9.17, 15) is 4.79 Å². The van der Waals surface area contributed by atoms with Crippen molar-refractivity contribution in [1.29, 1.82) is 0 Å². The molecule has 1 fully saturated rings.